The molecular formula is C18H41BOSn2. The molecule has 130 valence electrons. The second-order valence-corrected chi connectivity index (χ2v) is 35.7. The zero-order chi connectivity index (χ0) is 17.8. The van der Waals surface area contributed by atoms with Gasteiger partial charge in [0.2, 0.25) is 0 Å². The molecule has 1 atom stereocenters. The maximum atomic E-state index is 6.89. The molecule has 0 amide bonds. The molecule has 0 fully saturated rings. The van der Waals surface area contributed by atoms with Gasteiger partial charge in [-0.05, 0) is 0 Å². The van der Waals surface area contributed by atoms with Crippen LogP contribution in [0.1, 0.15) is 47.5 Å². The Morgan fingerprint density at radius 2 is 1.36 bits per heavy atom. The zero-order valence-electron chi connectivity index (χ0n) is 17.3. The monoisotopic (exact) mass is 524 g/mol. The van der Waals surface area contributed by atoms with Crippen LogP contribution in [0.2, 0.25) is 42.3 Å². The predicted octanol–water partition coefficient (Wildman–Crippen LogP) is 6.66. The molecule has 0 saturated carbocycles. The molecule has 22 heavy (non-hydrogen) atoms. The summed E-state index contributed by atoms with van der Waals surface area (Å²) in [6.07, 6.45) is 4.86. The second-order valence-electron chi connectivity index (χ2n) is 8.82. The van der Waals surface area contributed by atoms with E-state index in [0.717, 1.165) is 13.1 Å². The van der Waals surface area contributed by atoms with Gasteiger partial charge in [-0.15, -0.1) is 0 Å². The van der Waals surface area contributed by atoms with Crippen LogP contribution < -0.4 is 0 Å². The Morgan fingerprint density at radius 1 is 0.909 bits per heavy atom. The van der Waals surface area contributed by atoms with Gasteiger partial charge in [-0.2, -0.15) is 0 Å². The Kier molecular flexibility index (Phi) is 9.74. The van der Waals surface area contributed by atoms with Crippen molar-refractivity contribution in [1.82, 2.24) is 0 Å². The standard InChI is InChI=1S/C12H23BO.6CH3.2Sn/c1-6-11(13(8-3)9-4)10-12(5,14)7-2;;;;;;;;/h6-9H2,1-5H3;6*1H3;;/q-1;;;;;;;;+1. The van der Waals surface area contributed by atoms with Gasteiger partial charge >= 0.3 is 151 Å². The van der Waals surface area contributed by atoms with Crippen molar-refractivity contribution in [3.05, 3.63) is 9.06 Å². The maximum absolute atomic E-state index is 6.89. The first-order chi connectivity index (χ1) is 9.86. The SMILES string of the molecule is CCB(CC)/C(CC)=[C](/C(C)(CC)[O][Sn]([CH3])([CH3])[CH3])[Sn]([CH3])([CH3])[CH3]. The molecule has 0 radical (unpaired) electrons. The molecule has 0 aliphatic carbocycles. The van der Waals surface area contributed by atoms with Crippen molar-refractivity contribution in [2.24, 2.45) is 0 Å². The van der Waals surface area contributed by atoms with Gasteiger partial charge in [0.25, 0.3) is 0 Å². The van der Waals surface area contributed by atoms with Crippen molar-refractivity contribution in [2.75, 3.05) is 0 Å². The number of hydrogen-bond donors (Lipinski definition) is 0. The van der Waals surface area contributed by atoms with Gasteiger partial charge in [0.05, 0.1) is 0 Å². The van der Waals surface area contributed by atoms with Crippen molar-refractivity contribution in [1.29, 1.82) is 0 Å². The van der Waals surface area contributed by atoms with Crippen LogP contribution in [-0.4, -0.2) is 49.5 Å². The molecule has 0 aromatic rings. The first-order valence-electron chi connectivity index (χ1n) is 9.30. The third-order valence-electron chi connectivity index (χ3n) is 4.67. The van der Waals surface area contributed by atoms with Crippen LogP contribution in [0.5, 0.6) is 0 Å². The number of allylic oxidation sites excluding steroid dienone is 1. The summed E-state index contributed by atoms with van der Waals surface area (Å²) in [7, 11) is 0. The van der Waals surface area contributed by atoms with Crippen LogP contribution in [0.15, 0.2) is 9.06 Å². The molecule has 0 aliphatic heterocycles. The summed E-state index contributed by atoms with van der Waals surface area (Å²) in [6, 6.07) is 0. The fourth-order valence-electron chi connectivity index (χ4n) is 4.04. The van der Waals surface area contributed by atoms with Crippen LogP contribution in [0.25, 0.3) is 0 Å². The van der Waals surface area contributed by atoms with Gasteiger partial charge in [0.15, 0.2) is 0 Å². The van der Waals surface area contributed by atoms with E-state index < -0.39 is 37.2 Å². The minimum atomic E-state index is -2.32. The van der Waals surface area contributed by atoms with Gasteiger partial charge in [-0.25, -0.2) is 0 Å². The molecule has 0 aromatic heterocycles. The second kappa shape index (κ2) is 9.17. The summed E-state index contributed by atoms with van der Waals surface area (Å²) in [5, 5.41) is 0. The molecule has 0 N–H and O–H groups in total. The van der Waals surface area contributed by atoms with Crippen molar-refractivity contribution in [3.63, 3.8) is 0 Å². The average Bonchev–Trinajstić information content (AvgIpc) is 2.34. The van der Waals surface area contributed by atoms with Crippen molar-refractivity contribution in [3.8, 4) is 0 Å². The molecule has 0 saturated heterocycles. The van der Waals surface area contributed by atoms with Crippen molar-refractivity contribution < 1.29 is 3.07 Å². The normalized spacial score (nSPS) is 17.0. The minimum absolute atomic E-state index is 0.00338. The van der Waals surface area contributed by atoms with E-state index in [1.165, 1.54) is 19.1 Å². The van der Waals surface area contributed by atoms with E-state index in [9.17, 15) is 0 Å². The summed E-state index contributed by atoms with van der Waals surface area (Å²) in [5.41, 5.74) is 1.75. The molecule has 1 unspecified atom stereocenters. The van der Waals surface area contributed by atoms with Crippen LogP contribution in [0.3, 0.4) is 0 Å². The molecule has 0 heterocycles. The summed E-state index contributed by atoms with van der Waals surface area (Å²) in [4.78, 5) is 15.0. The van der Waals surface area contributed by atoms with Gasteiger partial charge in [0.1, 0.15) is 0 Å². The first kappa shape index (κ1) is 23.4. The molecule has 0 bridgehead atoms. The number of rotatable bonds is 9. The summed E-state index contributed by atoms with van der Waals surface area (Å²) < 4.78 is 8.69. The average molecular weight is 522 g/mol. The summed E-state index contributed by atoms with van der Waals surface area (Å²) in [5.74, 6) is 0. The Morgan fingerprint density at radius 3 is 1.59 bits per heavy atom. The topological polar surface area (TPSA) is 9.23 Å². The van der Waals surface area contributed by atoms with Gasteiger partial charge in [-0.3, -0.25) is 0 Å². The molecule has 0 spiro atoms. The van der Waals surface area contributed by atoms with Crippen molar-refractivity contribution in [2.45, 2.75) is 95.3 Å². The van der Waals surface area contributed by atoms with Crippen molar-refractivity contribution >= 4 is 43.9 Å². The Balaban J connectivity index is 6.30. The van der Waals surface area contributed by atoms with Gasteiger partial charge in [-0.1, -0.05) is 0 Å². The Hall–Kier alpha value is 1.36. The third-order valence-corrected chi connectivity index (χ3v) is 14.4. The van der Waals surface area contributed by atoms with E-state index in [1.807, 2.05) is 0 Å². The molecule has 4 heteroatoms. The number of hydrogen-bond acceptors (Lipinski definition) is 1. The molecule has 0 rings (SSSR count). The molecule has 0 aliphatic rings. The van der Waals surface area contributed by atoms with E-state index in [-0.39, 0.29) is 5.60 Å². The van der Waals surface area contributed by atoms with Crippen LogP contribution in [0.4, 0.5) is 0 Å². The fraction of sp³-hybridized carbons (Fsp3) is 0.889. The van der Waals surface area contributed by atoms with E-state index in [4.69, 9.17) is 3.07 Å². The van der Waals surface area contributed by atoms with Gasteiger partial charge in [0, 0.05) is 0 Å². The first-order valence-corrected chi connectivity index (χ1v) is 29.0. The molecule has 0 aromatic carbocycles. The Labute approximate surface area is 150 Å². The van der Waals surface area contributed by atoms with E-state index in [2.05, 4.69) is 64.3 Å². The van der Waals surface area contributed by atoms with E-state index >= 15 is 0 Å². The predicted molar refractivity (Wildman–Crippen MR) is 111 cm³/mol. The van der Waals surface area contributed by atoms with Crippen LogP contribution >= 0.6 is 0 Å². The summed E-state index contributed by atoms with van der Waals surface area (Å²) in [6.45, 7) is 12.6. The van der Waals surface area contributed by atoms with Crippen LogP contribution in [-0.2, 0) is 3.07 Å². The molecule has 1 nitrogen and oxygen atoms in total. The fourth-order valence-corrected chi connectivity index (χ4v) is 18.4. The van der Waals surface area contributed by atoms with E-state index in [0.29, 0.717) is 0 Å². The van der Waals surface area contributed by atoms with E-state index in [1.54, 1.807) is 9.06 Å². The quantitative estimate of drug-likeness (QED) is 0.308. The van der Waals surface area contributed by atoms with Crippen LogP contribution in [0, 0.1) is 0 Å². The summed E-state index contributed by atoms with van der Waals surface area (Å²) >= 11 is -4.57. The Bertz CT molecular complexity index is 376. The molecular weight excluding hydrogens is 480 g/mol. The van der Waals surface area contributed by atoms with Gasteiger partial charge < -0.3 is 0 Å². The third kappa shape index (κ3) is 6.70. The zero-order valence-corrected chi connectivity index (χ0v) is 23.0.